The van der Waals surface area contributed by atoms with E-state index in [0.29, 0.717) is 6.42 Å². The molecular formula is C12H22N2O2. The second-order valence-electron chi connectivity index (χ2n) is 5.30. The minimum Gasteiger partial charge on any atom is -0.376 e. The second-order valence-corrected chi connectivity index (χ2v) is 5.30. The van der Waals surface area contributed by atoms with Crippen molar-refractivity contribution in [3.63, 3.8) is 0 Å². The highest BCUT2D eigenvalue weighted by Gasteiger charge is 2.35. The van der Waals surface area contributed by atoms with Crippen LogP contribution in [0.3, 0.4) is 0 Å². The molecular weight excluding hydrogens is 204 g/mol. The molecule has 1 amide bonds. The van der Waals surface area contributed by atoms with Crippen molar-refractivity contribution >= 4 is 5.91 Å². The molecule has 0 aromatic carbocycles. The Labute approximate surface area is 96.9 Å². The average molecular weight is 226 g/mol. The number of amides is 1. The monoisotopic (exact) mass is 226 g/mol. The second kappa shape index (κ2) is 4.72. The number of rotatable bonds is 4. The summed E-state index contributed by atoms with van der Waals surface area (Å²) in [7, 11) is 0. The normalized spacial score (nSPS) is 29.5. The first-order valence-electron chi connectivity index (χ1n) is 6.29. The predicted molar refractivity (Wildman–Crippen MR) is 62.0 cm³/mol. The highest BCUT2D eigenvalue weighted by Crippen LogP contribution is 2.32. The van der Waals surface area contributed by atoms with E-state index in [-0.39, 0.29) is 23.6 Å². The van der Waals surface area contributed by atoms with Crippen LogP contribution in [0.1, 0.15) is 45.4 Å². The molecule has 0 radical (unpaired) electrons. The quantitative estimate of drug-likeness (QED) is 0.750. The van der Waals surface area contributed by atoms with Gasteiger partial charge in [0.2, 0.25) is 5.91 Å². The van der Waals surface area contributed by atoms with Crippen LogP contribution >= 0.6 is 0 Å². The Morgan fingerprint density at radius 3 is 2.81 bits per heavy atom. The summed E-state index contributed by atoms with van der Waals surface area (Å²) in [6, 6.07) is 0.110. The van der Waals surface area contributed by atoms with Gasteiger partial charge in [-0.25, -0.2) is 0 Å². The highest BCUT2D eigenvalue weighted by molar-refractivity contribution is 5.77. The van der Waals surface area contributed by atoms with Crippen molar-refractivity contribution in [1.82, 2.24) is 5.32 Å². The van der Waals surface area contributed by atoms with Gasteiger partial charge in [0.05, 0.1) is 12.1 Å². The first-order chi connectivity index (χ1) is 7.59. The summed E-state index contributed by atoms with van der Waals surface area (Å²) >= 11 is 0. The minimum atomic E-state index is -0.222. The molecule has 2 rings (SSSR count). The molecule has 1 saturated carbocycles. The van der Waals surface area contributed by atoms with Crippen LogP contribution < -0.4 is 11.1 Å². The number of hydrogen-bond acceptors (Lipinski definition) is 3. The molecule has 4 heteroatoms. The molecule has 2 atom stereocenters. The lowest BCUT2D eigenvalue weighted by atomic mass is 9.75. The van der Waals surface area contributed by atoms with Crippen molar-refractivity contribution in [3.8, 4) is 0 Å². The number of hydrogen-bond donors (Lipinski definition) is 2. The third-order valence-corrected chi connectivity index (χ3v) is 3.77. The van der Waals surface area contributed by atoms with Crippen LogP contribution in [0.25, 0.3) is 0 Å². The lowest BCUT2D eigenvalue weighted by Gasteiger charge is -2.37. The van der Waals surface area contributed by atoms with E-state index < -0.39 is 0 Å². The third kappa shape index (κ3) is 2.74. The SMILES string of the molecule is CC(NC(=O)CC1(N)CCC1)C1CCCO1. The third-order valence-electron chi connectivity index (χ3n) is 3.77. The van der Waals surface area contributed by atoms with Gasteiger partial charge in [0, 0.05) is 18.6 Å². The van der Waals surface area contributed by atoms with Gasteiger partial charge in [-0.1, -0.05) is 0 Å². The largest absolute Gasteiger partial charge is 0.376 e. The topological polar surface area (TPSA) is 64.4 Å². The van der Waals surface area contributed by atoms with Crippen molar-refractivity contribution < 1.29 is 9.53 Å². The summed E-state index contributed by atoms with van der Waals surface area (Å²) in [5, 5.41) is 3.00. The molecule has 0 spiro atoms. The fourth-order valence-electron chi connectivity index (χ4n) is 2.52. The van der Waals surface area contributed by atoms with Gasteiger partial charge >= 0.3 is 0 Å². The highest BCUT2D eigenvalue weighted by atomic mass is 16.5. The van der Waals surface area contributed by atoms with Gasteiger partial charge in [-0.15, -0.1) is 0 Å². The van der Waals surface area contributed by atoms with Crippen LogP contribution in [0.5, 0.6) is 0 Å². The van der Waals surface area contributed by atoms with E-state index in [1.165, 1.54) is 0 Å². The standard InChI is InChI=1S/C12H22N2O2/c1-9(10-4-2-7-16-10)14-11(15)8-12(13)5-3-6-12/h9-10H,2-8,13H2,1H3,(H,14,15). The van der Waals surface area contributed by atoms with Crippen LogP contribution in [0, 0.1) is 0 Å². The summed E-state index contributed by atoms with van der Waals surface area (Å²) in [5.41, 5.74) is 5.82. The lowest BCUT2D eigenvalue weighted by Crippen LogP contribution is -2.51. The Balaban J connectivity index is 1.73. The van der Waals surface area contributed by atoms with Crippen LogP contribution in [0.15, 0.2) is 0 Å². The Bertz CT molecular complexity index is 258. The van der Waals surface area contributed by atoms with Gasteiger partial charge in [0.1, 0.15) is 0 Å². The van der Waals surface area contributed by atoms with Crippen LogP contribution in [-0.4, -0.2) is 30.2 Å². The molecule has 1 heterocycles. The maximum atomic E-state index is 11.8. The number of carbonyl (C=O) groups is 1. The van der Waals surface area contributed by atoms with E-state index in [2.05, 4.69) is 5.32 Å². The van der Waals surface area contributed by atoms with E-state index in [1.54, 1.807) is 0 Å². The van der Waals surface area contributed by atoms with Gasteiger partial charge in [0.15, 0.2) is 0 Å². The Morgan fingerprint density at radius 2 is 2.31 bits per heavy atom. The summed E-state index contributed by atoms with van der Waals surface area (Å²) in [5.74, 6) is 0.0743. The molecule has 2 unspecified atom stereocenters. The summed E-state index contributed by atoms with van der Waals surface area (Å²) in [6.07, 6.45) is 5.93. The van der Waals surface area contributed by atoms with E-state index in [9.17, 15) is 4.79 Å². The van der Waals surface area contributed by atoms with Gasteiger partial charge in [0.25, 0.3) is 0 Å². The van der Waals surface area contributed by atoms with Crippen LogP contribution in [-0.2, 0) is 9.53 Å². The Hall–Kier alpha value is -0.610. The molecule has 1 aliphatic heterocycles. The van der Waals surface area contributed by atoms with E-state index in [1.807, 2.05) is 6.92 Å². The molecule has 16 heavy (non-hydrogen) atoms. The number of ether oxygens (including phenoxy) is 1. The van der Waals surface area contributed by atoms with Gasteiger partial charge < -0.3 is 15.8 Å². The molecule has 92 valence electrons. The minimum absolute atomic E-state index is 0.0743. The van der Waals surface area contributed by atoms with Gasteiger partial charge in [-0.2, -0.15) is 0 Å². The van der Waals surface area contributed by atoms with E-state index in [4.69, 9.17) is 10.5 Å². The molecule has 1 saturated heterocycles. The lowest BCUT2D eigenvalue weighted by molar-refractivity contribution is -0.124. The molecule has 1 aliphatic carbocycles. The van der Waals surface area contributed by atoms with Crippen molar-refractivity contribution in [2.24, 2.45) is 5.73 Å². The predicted octanol–water partition coefficient (Wildman–Crippen LogP) is 0.942. The molecule has 0 aromatic rings. The zero-order chi connectivity index (χ0) is 11.6. The maximum absolute atomic E-state index is 11.8. The Morgan fingerprint density at radius 1 is 1.56 bits per heavy atom. The fourth-order valence-corrected chi connectivity index (χ4v) is 2.52. The van der Waals surface area contributed by atoms with E-state index >= 15 is 0 Å². The van der Waals surface area contributed by atoms with Crippen molar-refractivity contribution in [2.45, 2.75) is 63.1 Å². The smallest absolute Gasteiger partial charge is 0.222 e. The molecule has 3 N–H and O–H groups in total. The Kier molecular flexibility index (Phi) is 3.50. The average Bonchev–Trinajstić information content (AvgIpc) is 2.67. The molecule has 2 aliphatic rings. The van der Waals surface area contributed by atoms with Gasteiger partial charge in [-0.05, 0) is 39.0 Å². The molecule has 4 nitrogen and oxygen atoms in total. The molecule has 0 aromatic heterocycles. The summed E-state index contributed by atoms with van der Waals surface area (Å²) in [6.45, 7) is 2.84. The molecule has 0 bridgehead atoms. The fraction of sp³-hybridized carbons (Fsp3) is 0.917. The number of nitrogens with two attached hydrogens (primary N) is 1. The summed E-state index contributed by atoms with van der Waals surface area (Å²) in [4.78, 5) is 11.8. The molecule has 2 fully saturated rings. The zero-order valence-electron chi connectivity index (χ0n) is 10.00. The maximum Gasteiger partial charge on any atom is 0.222 e. The van der Waals surface area contributed by atoms with Crippen molar-refractivity contribution in [1.29, 1.82) is 0 Å². The van der Waals surface area contributed by atoms with Crippen LogP contribution in [0.2, 0.25) is 0 Å². The zero-order valence-corrected chi connectivity index (χ0v) is 10.00. The first kappa shape index (κ1) is 11.9. The van der Waals surface area contributed by atoms with Gasteiger partial charge in [-0.3, -0.25) is 4.79 Å². The number of carbonyl (C=O) groups excluding carboxylic acids is 1. The summed E-state index contributed by atoms with van der Waals surface area (Å²) < 4.78 is 5.54. The van der Waals surface area contributed by atoms with Crippen molar-refractivity contribution in [2.75, 3.05) is 6.61 Å². The van der Waals surface area contributed by atoms with Crippen LogP contribution in [0.4, 0.5) is 0 Å². The number of nitrogens with one attached hydrogen (secondary N) is 1. The first-order valence-corrected chi connectivity index (χ1v) is 6.29. The van der Waals surface area contributed by atoms with E-state index in [0.717, 1.165) is 38.7 Å². The van der Waals surface area contributed by atoms with Crippen molar-refractivity contribution in [3.05, 3.63) is 0 Å².